The molecule has 17 heavy (non-hydrogen) atoms. The van der Waals surface area contributed by atoms with Crippen LogP contribution in [0.25, 0.3) is 11.4 Å². The zero-order valence-corrected chi connectivity index (χ0v) is 8.70. The maximum atomic E-state index is 11.6. The summed E-state index contributed by atoms with van der Waals surface area (Å²) in [6.45, 7) is 0.117. The van der Waals surface area contributed by atoms with E-state index in [1.807, 2.05) is 0 Å². The molecule has 0 bridgehead atoms. The van der Waals surface area contributed by atoms with Gasteiger partial charge in [0.1, 0.15) is 0 Å². The number of carbonyl (C=O) groups is 1. The van der Waals surface area contributed by atoms with Crippen molar-refractivity contribution >= 4 is 5.97 Å². The fourth-order valence-corrected chi connectivity index (χ4v) is 1.34. The quantitative estimate of drug-likeness (QED) is 0.738. The van der Waals surface area contributed by atoms with Gasteiger partial charge >= 0.3 is 5.97 Å². The molecule has 8 nitrogen and oxygen atoms in total. The first-order valence-electron chi connectivity index (χ1n) is 4.84. The Morgan fingerprint density at radius 2 is 2.35 bits per heavy atom. The molecular weight excluding hydrogens is 226 g/mol. The van der Waals surface area contributed by atoms with Gasteiger partial charge in [0.05, 0.1) is 18.5 Å². The van der Waals surface area contributed by atoms with Gasteiger partial charge in [0.2, 0.25) is 0 Å². The molecule has 2 N–H and O–H groups in total. The van der Waals surface area contributed by atoms with Crippen LogP contribution in [0.3, 0.4) is 0 Å². The number of rotatable bonds is 4. The van der Waals surface area contributed by atoms with Gasteiger partial charge in [0.25, 0.3) is 0 Å². The van der Waals surface area contributed by atoms with E-state index in [1.165, 1.54) is 23.1 Å². The second-order valence-electron chi connectivity index (χ2n) is 3.29. The molecule has 0 fully saturated rings. The molecule has 2 heterocycles. The minimum Gasteiger partial charge on any atom is -0.481 e. The van der Waals surface area contributed by atoms with Crippen LogP contribution in [0.2, 0.25) is 0 Å². The van der Waals surface area contributed by atoms with E-state index in [0.29, 0.717) is 5.56 Å². The summed E-state index contributed by atoms with van der Waals surface area (Å²) in [6.07, 6.45) is 2.87. The van der Waals surface area contributed by atoms with Gasteiger partial charge in [-0.3, -0.25) is 9.59 Å². The highest BCUT2D eigenvalue weighted by molar-refractivity contribution is 5.66. The molecule has 0 aliphatic heterocycles. The number of nitrogens with zero attached hydrogens (tertiary/aromatic N) is 4. The number of hydrogen-bond acceptors (Lipinski definition) is 5. The second-order valence-corrected chi connectivity index (χ2v) is 3.29. The van der Waals surface area contributed by atoms with Crippen LogP contribution in [0.15, 0.2) is 23.3 Å². The van der Waals surface area contributed by atoms with E-state index in [2.05, 4.69) is 20.5 Å². The first kappa shape index (κ1) is 11.0. The van der Waals surface area contributed by atoms with Crippen molar-refractivity contribution in [1.82, 2.24) is 25.2 Å². The fourth-order valence-electron chi connectivity index (χ4n) is 1.34. The van der Waals surface area contributed by atoms with Crippen LogP contribution in [0.4, 0.5) is 0 Å². The number of hydrogen-bond donors (Lipinski definition) is 2. The Kier molecular flexibility index (Phi) is 2.95. The predicted octanol–water partition coefficient (Wildman–Crippen LogP) is -0.497. The molecule has 0 unspecified atom stereocenters. The van der Waals surface area contributed by atoms with Crippen molar-refractivity contribution in [3.8, 4) is 11.4 Å². The van der Waals surface area contributed by atoms with Gasteiger partial charge in [-0.25, -0.2) is 4.68 Å². The third-order valence-corrected chi connectivity index (χ3v) is 2.13. The lowest BCUT2D eigenvalue weighted by Gasteiger charge is -2.01. The van der Waals surface area contributed by atoms with Crippen molar-refractivity contribution in [2.45, 2.75) is 13.0 Å². The number of aromatic nitrogens is 5. The average Bonchev–Trinajstić information content (AvgIpc) is 2.75. The SMILES string of the molecule is O=C(O)CCn1nnnc1-c1c[nH]ccc1=O. The smallest absolute Gasteiger partial charge is 0.305 e. The van der Waals surface area contributed by atoms with Crippen molar-refractivity contribution in [2.24, 2.45) is 0 Å². The summed E-state index contributed by atoms with van der Waals surface area (Å²) in [5.74, 6) is -0.693. The summed E-state index contributed by atoms with van der Waals surface area (Å²) in [7, 11) is 0. The van der Waals surface area contributed by atoms with E-state index in [-0.39, 0.29) is 24.2 Å². The summed E-state index contributed by atoms with van der Waals surface area (Å²) in [4.78, 5) is 24.8. The molecule has 0 aliphatic carbocycles. The number of tetrazole rings is 1. The number of H-pyrrole nitrogens is 1. The van der Waals surface area contributed by atoms with Gasteiger partial charge in [-0.15, -0.1) is 5.10 Å². The molecule has 0 aliphatic rings. The Balaban J connectivity index is 2.34. The van der Waals surface area contributed by atoms with Crippen LogP contribution in [0.1, 0.15) is 6.42 Å². The Labute approximate surface area is 94.9 Å². The van der Waals surface area contributed by atoms with E-state index < -0.39 is 5.97 Å². The predicted molar refractivity (Wildman–Crippen MR) is 56.1 cm³/mol. The third-order valence-electron chi connectivity index (χ3n) is 2.13. The van der Waals surface area contributed by atoms with Crippen molar-refractivity contribution in [2.75, 3.05) is 0 Å². The largest absolute Gasteiger partial charge is 0.481 e. The lowest BCUT2D eigenvalue weighted by atomic mass is 10.2. The highest BCUT2D eigenvalue weighted by atomic mass is 16.4. The van der Waals surface area contributed by atoms with Crippen molar-refractivity contribution in [3.63, 3.8) is 0 Å². The minimum atomic E-state index is -0.951. The molecule has 0 saturated heterocycles. The maximum absolute atomic E-state index is 11.6. The van der Waals surface area contributed by atoms with Crippen molar-refractivity contribution in [3.05, 3.63) is 28.7 Å². The topological polar surface area (TPSA) is 114 Å². The molecule has 0 saturated carbocycles. The van der Waals surface area contributed by atoms with E-state index in [0.717, 1.165) is 0 Å². The minimum absolute atomic E-state index is 0.108. The Hall–Kier alpha value is -2.51. The lowest BCUT2D eigenvalue weighted by Crippen LogP contribution is -2.11. The summed E-state index contributed by atoms with van der Waals surface area (Å²) in [5.41, 5.74) is 0.0815. The Morgan fingerprint density at radius 1 is 1.53 bits per heavy atom. The standard InChI is InChI=1S/C9H9N5O3/c15-7-1-3-10-5-6(7)9-11-12-13-14(9)4-2-8(16)17/h1,3,5H,2,4H2,(H,10,15)(H,16,17). The maximum Gasteiger partial charge on any atom is 0.305 e. The monoisotopic (exact) mass is 235 g/mol. The van der Waals surface area contributed by atoms with E-state index >= 15 is 0 Å². The molecule has 0 spiro atoms. The number of aliphatic carboxylic acids is 1. The van der Waals surface area contributed by atoms with Gasteiger partial charge < -0.3 is 10.1 Å². The summed E-state index contributed by atoms with van der Waals surface area (Å²) < 4.78 is 1.29. The molecule has 2 rings (SSSR count). The zero-order valence-electron chi connectivity index (χ0n) is 8.70. The molecule has 88 valence electrons. The highest BCUT2D eigenvalue weighted by Crippen LogP contribution is 2.09. The summed E-state index contributed by atoms with van der Waals surface area (Å²) in [6, 6.07) is 1.35. The van der Waals surface area contributed by atoms with Gasteiger partial charge in [0, 0.05) is 18.5 Å². The third kappa shape index (κ3) is 2.36. The van der Waals surface area contributed by atoms with Crippen molar-refractivity contribution < 1.29 is 9.90 Å². The number of aryl methyl sites for hydroxylation is 1. The van der Waals surface area contributed by atoms with E-state index in [4.69, 9.17) is 5.11 Å². The van der Waals surface area contributed by atoms with Crippen LogP contribution in [-0.4, -0.2) is 36.3 Å². The normalized spacial score (nSPS) is 10.4. The summed E-state index contributed by atoms with van der Waals surface area (Å²) >= 11 is 0. The molecule has 2 aromatic heterocycles. The lowest BCUT2D eigenvalue weighted by molar-refractivity contribution is -0.137. The first-order valence-corrected chi connectivity index (χ1v) is 4.84. The molecule has 2 aromatic rings. The highest BCUT2D eigenvalue weighted by Gasteiger charge is 2.12. The van der Waals surface area contributed by atoms with Crippen LogP contribution in [0, 0.1) is 0 Å². The van der Waals surface area contributed by atoms with Gasteiger partial charge in [-0.2, -0.15) is 0 Å². The average molecular weight is 235 g/mol. The van der Waals surface area contributed by atoms with Crippen LogP contribution in [0.5, 0.6) is 0 Å². The second kappa shape index (κ2) is 4.56. The molecule has 0 radical (unpaired) electrons. The van der Waals surface area contributed by atoms with Crippen molar-refractivity contribution in [1.29, 1.82) is 0 Å². The Morgan fingerprint density at radius 3 is 3.06 bits per heavy atom. The molecule has 0 amide bonds. The van der Waals surface area contributed by atoms with Gasteiger partial charge in [-0.1, -0.05) is 0 Å². The fraction of sp³-hybridized carbons (Fsp3) is 0.222. The Bertz CT molecular complexity index is 588. The first-order chi connectivity index (χ1) is 8.18. The van der Waals surface area contributed by atoms with Crippen LogP contribution < -0.4 is 5.43 Å². The molecule has 0 atom stereocenters. The number of pyridine rings is 1. The number of carboxylic acids is 1. The molecule has 8 heteroatoms. The van der Waals surface area contributed by atoms with E-state index in [9.17, 15) is 9.59 Å². The van der Waals surface area contributed by atoms with E-state index in [1.54, 1.807) is 0 Å². The molecule has 0 aromatic carbocycles. The van der Waals surface area contributed by atoms with Crippen LogP contribution >= 0.6 is 0 Å². The number of carboxylic acid groups (broad SMARTS) is 1. The van der Waals surface area contributed by atoms with Gasteiger partial charge in [0.15, 0.2) is 11.3 Å². The summed E-state index contributed by atoms with van der Waals surface area (Å²) in [5, 5.41) is 19.4. The van der Waals surface area contributed by atoms with Crippen LogP contribution in [-0.2, 0) is 11.3 Å². The number of aromatic amines is 1. The molecular formula is C9H9N5O3. The zero-order chi connectivity index (χ0) is 12.3. The number of nitrogens with one attached hydrogen (secondary N) is 1. The van der Waals surface area contributed by atoms with Gasteiger partial charge in [-0.05, 0) is 10.4 Å².